The van der Waals surface area contributed by atoms with E-state index in [-0.39, 0.29) is 23.3 Å². The summed E-state index contributed by atoms with van der Waals surface area (Å²) >= 11 is 1.34. The van der Waals surface area contributed by atoms with E-state index in [1.165, 1.54) is 18.2 Å². The molecule has 0 bridgehead atoms. The summed E-state index contributed by atoms with van der Waals surface area (Å²) in [4.78, 5) is 32.9. The van der Waals surface area contributed by atoms with Crippen LogP contribution < -0.4 is 5.56 Å². The molecule has 0 saturated carbocycles. The molecular formula is C23H25N3O2S. The molecular weight excluding hydrogens is 382 g/mol. The summed E-state index contributed by atoms with van der Waals surface area (Å²) in [5, 5.41) is 1.14. The van der Waals surface area contributed by atoms with Crippen LogP contribution in [0.25, 0.3) is 16.6 Å². The maximum Gasteiger partial charge on any atom is 0.266 e. The van der Waals surface area contributed by atoms with Gasteiger partial charge in [-0.05, 0) is 56.9 Å². The number of hydrogen-bond acceptors (Lipinski definition) is 4. The second-order valence-corrected chi connectivity index (χ2v) is 8.50. The Morgan fingerprint density at radius 3 is 2.69 bits per heavy atom. The van der Waals surface area contributed by atoms with Crippen molar-refractivity contribution in [2.24, 2.45) is 0 Å². The van der Waals surface area contributed by atoms with Crippen molar-refractivity contribution in [2.45, 2.75) is 44.3 Å². The van der Waals surface area contributed by atoms with E-state index in [1.54, 1.807) is 10.6 Å². The van der Waals surface area contributed by atoms with Gasteiger partial charge in [0.25, 0.3) is 5.56 Å². The molecule has 2 aromatic carbocycles. The molecule has 2 heterocycles. The van der Waals surface area contributed by atoms with Gasteiger partial charge in [-0.3, -0.25) is 14.2 Å². The number of carbonyl (C=O) groups is 1. The van der Waals surface area contributed by atoms with Crippen LogP contribution in [-0.2, 0) is 4.79 Å². The molecule has 1 aliphatic heterocycles. The SMILES string of the molecule is Cc1ccccc1-n1c(SCC(=O)N2CCCC[C@@H]2C)nc2ccccc2c1=O. The highest BCUT2D eigenvalue weighted by atomic mass is 32.2. The molecule has 5 nitrogen and oxygen atoms in total. The number of benzene rings is 2. The lowest BCUT2D eigenvalue weighted by Gasteiger charge is -2.33. The number of aryl methyl sites for hydroxylation is 1. The molecule has 4 rings (SSSR count). The molecule has 3 aromatic rings. The van der Waals surface area contributed by atoms with Gasteiger partial charge in [0.15, 0.2) is 5.16 Å². The van der Waals surface area contributed by atoms with Crippen molar-refractivity contribution >= 4 is 28.6 Å². The molecule has 0 unspecified atom stereocenters. The van der Waals surface area contributed by atoms with Crippen LogP contribution in [0, 0.1) is 6.92 Å². The zero-order chi connectivity index (χ0) is 20.4. The van der Waals surface area contributed by atoms with E-state index in [0.29, 0.717) is 16.1 Å². The number of thioether (sulfide) groups is 1. The van der Waals surface area contributed by atoms with Gasteiger partial charge in [0, 0.05) is 12.6 Å². The van der Waals surface area contributed by atoms with Crippen LogP contribution in [0.4, 0.5) is 0 Å². The molecule has 1 atom stereocenters. The predicted molar refractivity (Wildman–Crippen MR) is 118 cm³/mol. The van der Waals surface area contributed by atoms with Crippen molar-refractivity contribution in [2.75, 3.05) is 12.3 Å². The Morgan fingerprint density at radius 2 is 1.90 bits per heavy atom. The van der Waals surface area contributed by atoms with Crippen molar-refractivity contribution in [3.8, 4) is 5.69 Å². The van der Waals surface area contributed by atoms with Crippen LogP contribution in [0.2, 0.25) is 0 Å². The normalized spacial score (nSPS) is 16.9. The van der Waals surface area contributed by atoms with Gasteiger partial charge in [-0.25, -0.2) is 4.98 Å². The summed E-state index contributed by atoms with van der Waals surface area (Å²) in [7, 11) is 0. The van der Waals surface area contributed by atoms with Gasteiger partial charge in [0.2, 0.25) is 5.91 Å². The van der Waals surface area contributed by atoms with Crippen LogP contribution in [0.1, 0.15) is 31.7 Å². The number of nitrogens with zero attached hydrogens (tertiary/aromatic N) is 3. The topological polar surface area (TPSA) is 55.2 Å². The molecule has 1 saturated heterocycles. The Balaban J connectivity index is 1.73. The average molecular weight is 408 g/mol. The van der Waals surface area contributed by atoms with Crippen molar-refractivity contribution in [3.05, 3.63) is 64.4 Å². The fourth-order valence-electron chi connectivity index (χ4n) is 3.91. The van der Waals surface area contributed by atoms with Gasteiger partial charge >= 0.3 is 0 Å². The van der Waals surface area contributed by atoms with Gasteiger partial charge in [-0.2, -0.15) is 0 Å². The monoisotopic (exact) mass is 407 g/mol. The second-order valence-electron chi connectivity index (χ2n) is 7.56. The number of carbonyl (C=O) groups excluding carboxylic acids is 1. The minimum absolute atomic E-state index is 0.105. The van der Waals surface area contributed by atoms with E-state index in [1.807, 2.05) is 54.3 Å². The molecule has 1 aliphatic rings. The fourth-order valence-corrected chi connectivity index (χ4v) is 4.81. The maximum absolute atomic E-state index is 13.3. The molecule has 1 aromatic heterocycles. The Bertz CT molecular complexity index is 1110. The first-order valence-electron chi connectivity index (χ1n) is 10.1. The highest BCUT2D eigenvalue weighted by molar-refractivity contribution is 7.99. The van der Waals surface area contributed by atoms with Crippen molar-refractivity contribution in [3.63, 3.8) is 0 Å². The maximum atomic E-state index is 13.3. The fraction of sp³-hybridized carbons (Fsp3) is 0.348. The zero-order valence-electron chi connectivity index (χ0n) is 16.8. The molecule has 0 N–H and O–H groups in total. The van der Waals surface area contributed by atoms with Crippen LogP contribution >= 0.6 is 11.8 Å². The third-order valence-corrected chi connectivity index (χ3v) is 6.47. The van der Waals surface area contributed by atoms with Gasteiger partial charge in [-0.1, -0.05) is 42.1 Å². The third kappa shape index (κ3) is 3.94. The number of fused-ring (bicyclic) bond motifs is 1. The lowest BCUT2D eigenvalue weighted by atomic mass is 10.0. The number of likely N-dealkylation sites (tertiary alicyclic amines) is 1. The van der Waals surface area contributed by atoms with Crippen LogP contribution in [0.3, 0.4) is 0 Å². The number of hydrogen-bond donors (Lipinski definition) is 0. The molecule has 0 aliphatic carbocycles. The summed E-state index contributed by atoms with van der Waals surface area (Å²) in [6, 6.07) is 15.4. The molecule has 150 valence electrons. The lowest BCUT2D eigenvalue weighted by Crippen LogP contribution is -2.43. The number of para-hydroxylation sites is 2. The Hall–Kier alpha value is -2.60. The molecule has 0 spiro atoms. The predicted octanol–water partition coefficient (Wildman–Crippen LogP) is 4.19. The van der Waals surface area contributed by atoms with Crippen molar-refractivity contribution in [1.82, 2.24) is 14.5 Å². The minimum Gasteiger partial charge on any atom is -0.339 e. The first kappa shape index (κ1) is 19.7. The quantitative estimate of drug-likeness (QED) is 0.481. The van der Waals surface area contributed by atoms with Gasteiger partial charge in [0.1, 0.15) is 0 Å². The third-order valence-electron chi connectivity index (χ3n) is 5.55. The Morgan fingerprint density at radius 1 is 1.14 bits per heavy atom. The zero-order valence-corrected chi connectivity index (χ0v) is 17.6. The van der Waals surface area contributed by atoms with Crippen molar-refractivity contribution in [1.29, 1.82) is 0 Å². The van der Waals surface area contributed by atoms with E-state index < -0.39 is 0 Å². The highest BCUT2D eigenvalue weighted by Gasteiger charge is 2.24. The van der Waals surface area contributed by atoms with E-state index in [4.69, 9.17) is 4.98 Å². The van der Waals surface area contributed by atoms with Crippen LogP contribution in [0.15, 0.2) is 58.5 Å². The molecule has 6 heteroatoms. The number of aromatic nitrogens is 2. The summed E-state index contributed by atoms with van der Waals surface area (Å²) < 4.78 is 1.65. The van der Waals surface area contributed by atoms with Gasteiger partial charge < -0.3 is 4.90 Å². The second kappa shape index (κ2) is 8.41. The largest absolute Gasteiger partial charge is 0.339 e. The van der Waals surface area contributed by atoms with E-state index in [2.05, 4.69) is 6.92 Å². The van der Waals surface area contributed by atoms with Crippen LogP contribution in [0.5, 0.6) is 0 Å². The number of amides is 1. The summed E-state index contributed by atoms with van der Waals surface area (Å²) in [5.74, 6) is 0.391. The highest BCUT2D eigenvalue weighted by Crippen LogP contribution is 2.24. The van der Waals surface area contributed by atoms with E-state index in [0.717, 1.165) is 30.6 Å². The Kier molecular flexibility index (Phi) is 5.72. The van der Waals surface area contributed by atoms with Gasteiger partial charge in [0.05, 0.1) is 22.3 Å². The first-order valence-corrected chi connectivity index (χ1v) is 11.0. The molecule has 1 fully saturated rings. The first-order chi connectivity index (χ1) is 14.1. The molecule has 29 heavy (non-hydrogen) atoms. The number of piperidine rings is 1. The van der Waals surface area contributed by atoms with Gasteiger partial charge in [-0.15, -0.1) is 0 Å². The Labute approximate surface area is 174 Å². The summed E-state index contributed by atoms with van der Waals surface area (Å²) in [6.45, 7) is 4.90. The number of rotatable bonds is 4. The van der Waals surface area contributed by atoms with E-state index in [9.17, 15) is 9.59 Å². The van der Waals surface area contributed by atoms with Crippen molar-refractivity contribution < 1.29 is 4.79 Å². The minimum atomic E-state index is -0.105. The summed E-state index contributed by atoms with van der Waals surface area (Å²) in [5.41, 5.74) is 2.34. The molecule has 1 amide bonds. The summed E-state index contributed by atoms with van der Waals surface area (Å²) in [6.07, 6.45) is 3.29. The smallest absolute Gasteiger partial charge is 0.266 e. The van der Waals surface area contributed by atoms with Crippen LogP contribution in [-0.4, -0.2) is 38.7 Å². The average Bonchev–Trinajstić information content (AvgIpc) is 2.73. The lowest BCUT2D eigenvalue weighted by molar-refractivity contribution is -0.131. The molecule has 0 radical (unpaired) electrons. The standard InChI is InChI=1S/C23H25N3O2S/c1-16-9-3-6-13-20(16)26-22(28)18-11-4-5-12-19(18)24-23(26)29-15-21(27)25-14-8-7-10-17(25)2/h3-6,9,11-13,17H,7-8,10,14-15H2,1-2H3/t17-/m0/s1. The van der Waals surface area contributed by atoms with E-state index >= 15 is 0 Å².